The molecular weight excluding hydrogens is 252 g/mol. The Labute approximate surface area is 121 Å². The molecule has 2 rings (SSSR count). The van der Waals surface area contributed by atoms with Crippen molar-refractivity contribution >= 4 is 11.6 Å². The molecule has 1 radical (unpaired) electrons. The zero-order valence-electron chi connectivity index (χ0n) is 12.6. The third-order valence-electron chi connectivity index (χ3n) is 3.63. The first-order valence-corrected chi connectivity index (χ1v) is 7.50. The second-order valence-corrected chi connectivity index (χ2v) is 4.86. The third-order valence-corrected chi connectivity index (χ3v) is 3.63. The molecule has 0 atom stereocenters. The average molecular weight is 277 g/mol. The molecule has 111 valence electrons. The number of morpholine rings is 1. The lowest BCUT2D eigenvalue weighted by molar-refractivity contribution is 0.122. The molecule has 0 spiro atoms. The van der Waals surface area contributed by atoms with Crippen LogP contribution in [0.25, 0.3) is 0 Å². The van der Waals surface area contributed by atoms with Crippen molar-refractivity contribution in [1.29, 1.82) is 0 Å². The van der Waals surface area contributed by atoms with E-state index in [1.807, 2.05) is 12.1 Å². The van der Waals surface area contributed by atoms with Gasteiger partial charge in [0.15, 0.2) is 0 Å². The van der Waals surface area contributed by atoms with Crippen LogP contribution in [0.4, 0.5) is 11.6 Å². The number of hydrogen-bond acceptors (Lipinski definition) is 5. The van der Waals surface area contributed by atoms with Crippen molar-refractivity contribution in [1.82, 2.24) is 9.88 Å². The van der Waals surface area contributed by atoms with Gasteiger partial charge >= 0.3 is 0 Å². The second kappa shape index (κ2) is 8.07. The number of likely N-dealkylation sites (N-methyl/N-ethyl adjacent to an activating group) is 1. The topological polar surface area (TPSA) is 40.6 Å². The Bertz CT molecular complexity index is 389. The molecule has 0 aliphatic carbocycles. The first kappa shape index (κ1) is 15.1. The van der Waals surface area contributed by atoms with Gasteiger partial charge in [-0.3, -0.25) is 0 Å². The average Bonchev–Trinajstić information content (AvgIpc) is 2.53. The monoisotopic (exact) mass is 277 g/mol. The van der Waals surface area contributed by atoms with Crippen LogP contribution >= 0.6 is 0 Å². The van der Waals surface area contributed by atoms with Crippen molar-refractivity contribution in [3.05, 3.63) is 18.2 Å². The van der Waals surface area contributed by atoms with Gasteiger partial charge in [0.1, 0.15) is 11.6 Å². The Morgan fingerprint density at radius 3 is 2.75 bits per heavy atom. The zero-order chi connectivity index (χ0) is 14.2. The molecule has 1 aromatic rings. The van der Waals surface area contributed by atoms with Crippen molar-refractivity contribution < 1.29 is 4.74 Å². The van der Waals surface area contributed by atoms with Crippen molar-refractivity contribution in [2.75, 3.05) is 62.7 Å². The summed E-state index contributed by atoms with van der Waals surface area (Å²) in [6.45, 7) is 11.9. The summed E-state index contributed by atoms with van der Waals surface area (Å²) >= 11 is 0. The highest BCUT2D eigenvalue weighted by Gasteiger charge is 2.12. The normalized spacial score (nSPS) is 15.7. The molecule has 5 heteroatoms. The Kier molecular flexibility index (Phi) is 6.08. The van der Waals surface area contributed by atoms with E-state index in [-0.39, 0.29) is 0 Å². The summed E-state index contributed by atoms with van der Waals surface area (Å²) in [5.74, 6) is 1.89. The predicted molar refractivity (Wildman–Crippen MR) is 82.4 cm³/mol. The van der Waals surface area contributed by atoms with Gasteiger partial charge in [-0.2, -0.15) is 0 Å². The summed E-state index contributed by atoms with van der Waals surface area (Å²) in [5.41, 5.74) is 0. The molecule has 0 unspecified atom stereocenters. The summed E-state index contributed by atoms with van der Waals surface area (Å²) in [7, 11) is 0. The van der Waals surface area contributed by atoms with Crippen LogP contribution in [0.2, 0.25) is 0 Å². The molecule has 1 aromatic heterocycles. The van der Waals surface area contributed by atoms with Crippen LogP contribution in [0.3, 0.4) is 0 Å². The van der Waals surface area contributed by atoms with Crippen LogP contribution in [0.15, 0.2) is 12.1 Å². The van der Waals surface area contributed by atoms with E-state index < -0.39 is 0 Å². The van der Waals surface area contributed by atoms with Gasteiger partial charge in [0.2, 0.25) is 0 Å². The number of nitrogens with zero attached hydrogens (tertiary/aromatic N) is 3. The van der Waals surface area contributed by atoms with E-state index in [1.165, 1.54) is 0 Å². The lowest BCUT2D eigenvalue weighted by Crippen LogP contribution is -2.36. The molecule has 1 fully saturated rings. The fourth-order valence-electron chi connectivity index (χ4n) is 2.31. The number of anilines is 2. The number of aromatic nitrogens is 1. The predicted octanol–water partition coefficient (Wildman–Crippen LogP) is 1.47. The Morgan fingerprint density at radius 2 is 2.05 bits per heavy atom. The molecule has 0 saturated carbocycles. The van der Waals surface area contributed by atoms with Crippen LogP contribution in [-0.4, -0.2) is 62.4 Å². The quantitative estimate of drug-likeness (QED) is 0.817. The van der Waals surface area contributed by atoms with E-state index in [4.69, 9.17) is 4.74 Å². The van der Waals surface area contributed by atoms with Gasteiger partial charge in [-0.15, -0.1) is 0 Å². The van der Waals surface area contributed by atoms with Crippen molar-refractivity contribution in [2.24, 2.45) is 0 Å². The van der Waals surface area contributed by atoms with Gasteiger partial charge < -0.3 is 19.9 Å². The molecule has 0 aromatic carbocycles. The SMILES string of the molecule is CCN(CC)CCNc1c[c]cc(N2CCOCC2)n1. The molecule has 2 heterocycles. The highest BCUT2D eigenvalue weighted by molar-refractivity contribution is 5.46. The summed E-state index contributed by atoms with van der Waals surface area (Å²) in [5, 5.41) is 3.38. The largest absolute Gasteiger partial charge is 0.378 e. The van der Waals surface area contributed by atoms with Crippen LogP contribution in [0.1, 0.15) is 13.8 Å². The first-order chi connectivity index (χ1) is 9.83. The smallest absolute Gasteiger partial charge is 0.131 e. The summed E-state index contributed by atoms with van der Waals surface area (Å²) in [6, 6.07) is 7.03. The van der Waals surface area contributed by atoms with Crippen LogP contribution < -0.4 is 10.2 Å². The summed E-state index contributed by atoms with van der Waals surface area (Å²) in [6.07, 6.45) is 0. The summed E-state index contributed by atoms with van der Waals surface area (Å²) in [4.78, 5) is 9.29. The molecule has 1 aliphatic heterocycles. The van der Waals surface area contributed by atoms with Crippen molar-refractivity contribution in [3.63, 3.8) is 0 Å². The summed E-state index contributed by atoms with van der Waals surface area (Å²) < 4.78 is 5.37. The third kappa shape index (κ3) is 4.35. The number of hydrogen-bond donors (Lipinski definition) is 1. The van der Waals surface area contributed by atoms with Gasteiger partial charge in [-0.1, -0.05) is 13.8 Å². The number of ether oxygens (including phenoxy) is 1. The van der Waals surface area contributed by atoms with Gasteiger partial charge in [0.25, 0.3) is 0 Å². The Hall–Kier alpha value is -1.33. The molecule has 20 heavy (non-hydrogen) atoms. The zero-order valence-corrected chi connectivity index (χ0v) is 12.6. The van der Waals surface area contributed by atoms with E-state index in [9.17, 15) is 0 Å². The van der Waals surface area contributed by atoms with Gasteiger partial charge in [0, 0.05) is 26.2 Å². The minimum Gasteiger partial charge on any atom is -0.378 e. The maximum atomic E-state index is 5.37. The Balaban J connectivity index is 1.85. The molecule has 5 nitrogen and oxygen atoms in total. The first-order valence-electron chi connectivity index (χ1n) is 7.50. The van der Waals surface area contributed by atoms with Crippen LogP contribution in [-0.2, 0) is 4.74 Å². The van der Waals surface area contributed by atoms with Crippen LogP contribution in [0, 0.1) is 6.07 Å². The molecular formula is C15H25N4O. The van der Waals surface area contributed by atoms with Gasteiger partial charge in [-0.05, 0) is 31.3 Å². The standard InChI is InChI=1S/C15H25N4O/c1-3-18(4-2)9-8-16-14-6-5-7-15(17-14)19-10-12-20-13-11-19/h6-7H,3-4,8-13H2,1-2H3,(H,16,17). The maximum Gasteiger partial charge on any atom is 0.131 e. The highest BCUT2D eigenvalue weighted by Crippen LogP contribution is 2.15. The Morgan fingerprint density at radius 1 is 1.30 bits per heavy atom. The molecule has 1 aliphatic rings. The lowest BCUT2D eigenvalue weighted by Gasteiger charge is -2.28. The van der Waals surface area contributed by atoms with E-state index in [1.54, 1.807) is 0 Å². The van der Waals surface area contributed by atoms with Crippen molar-refractivity contribution in [2.45, 2.75) is 13.8 Å². The van der Waals surface area contributed by atoms with E-state index in [0.717, 1.165) is 64.1 Å². The minimum absolute atomic E-state index is 0.779. The van der Waals surface area contributed by atoms with E-state index in [0.29, 0.717) is 0 Å². The number of pyridine rings is 1. The fraction of sp³-hybridized carbons (Fsp3) is 0.667. The second-order valence-electron chi connectivity index (χ2n) is 4.86. The van der Waals surface area contributed by atoms with Crippen LogP contribution in [0.5, 0.6) is 0 Å². The highest BCUT2D eigenvalue weighted by atomic mass is 16.5. The van der Waals surface area contributed by atoms with Gasteiger partial charge in [0.05, 0.1) is 13.2 Å². The number of nitrogens with one attached hydrogen (secondary N) is 1. The van der Waals surface area contributed by atoms with Gasteiger partial charge in [-0.25, -0.2) is 4.98 Å². The van der Waals surface area contributed by atoms with Crippen molar-refractivity contribution in [3.8, 4) is 0 Å². The lowest BCUT2D eigenvalue weighted by atomic mass is 10.3. The van der Waals surface area contributed by atoms with E-state index in [2.05, 4.69) is 40.0 Å². The molecule has 1 N–H and O–H groups in total. The minimum atomic E-state index is 0.779. The molecule has 1 saturated heterocycles. The molecule has 0 amide bonds. The van der Waals surface area contributed by atoms with E-state index >= 15 is 0 Å². The number of rotatable bonds is 7. The maximum absolute atomic E-state index is 5.37. The fourth-order valence-corrected chi connectivity index (χ4v) is 2.31. The molecule has 0 bridgehead atoms.